The maximum Gasteiger partial charge on any atom is 0.330 e. The summed E-state index contributed by atoms with van der Waals surface area (Å²) < 4.78 is 33.4. The zero-order chi connectivity index (χ0) is 15.9. The van der Waals surface area contributed by atoms with Gasteiger partial charge >= 0.3 is 5.69 Å². The second-order valence-corrected chi connectivity index (χ2v) is 4.69. The van der Waals surface area contributed by atoms with Crippen molar-refractivity contribution in [2.24, 2.45) is 0 Å². The summed E-state index contributed by atoms with van der Waals surface area (Å²) in [6, 6.07) is 0. The smallest absolute Gasteiger partial charge is 0.330 e. The summed E-state index contributed by atoms with van der Waals surface area (Å²) in [6.07, 6.45) is -1.08. The first-order chi connectivity index (χ1) is 9.72. The highest BCUT2D eigenvalue weighted by Gasteiger charge is 2.59. The molecule has 5 atom stereocenters. The van der Waals surface area contributed by atoms with Crippen LogP contribution in [0.1, 0.15) is 13.2 Å². The van der Waals surface area contributed by atoms with Gasteiger partial charge in [-0.05, 0) is 6.92 Å². The minimum atomic E-state index is -2.88. The van der Waals surface area contributed by atoms with Crippen molar-refractivity contribution in [1.82, 2.24) is 9.55 Å². The van der Waals surface area contributed by atoms with Crippen molar-refractivity contribution < 1.29 is 23.7 Å². The van der Waals surface area contributed by atoms with E-state index in [0.29, 0.717) is 10.8 Å². The molecule has 1 aromatic heterocycles. The van der Waals surface area contributed by atoms with Gasteiger partial charge in [0.1, 0.15) is 12.2 Å². The van der Waals surface area contributed by atoms with E-state index in [0.717, 1.165) is 0 Å². The van der Waals surface area contributed by atoms with Crippen molar-refractivity contribution in [2.45, 2.75) is 37.1 Å². The van der Waals surface area contributed by atoms with Gasteiger partial charge in [-0.15, -0.1) is 6.42 Å². The molecule has 1 fully saturated rings. The topological polar surface area (TPSA) is 105 Å². The molecule has 21 heavy (non-hydrogen) atoms. The molecule has 0 bridgehead atoms. The lowest BCUT2D eigenvalue weighted by molar-refractivity contribution is -0.0805. The van der Waals surface area contributed by atoms with E-state index < -0.39 is 47.3 Å². The number of aliphatic hydroxyl groups excluding tert-OH is 2. The lowest BCUT2D eigenvalue weighted by Crippen LogP contribution is -2.46. The molecule has 0 saturated carbocycles. The number of aromatic amines is 1. The van der Waals surface area contributed by atoms with Gasteiger partial charge in [-0.3, -0.25) is 14.3 Å². The highest BCUT2D eigenvalue weighted by molar-refractivity contribution is 5.20. The largest absolute Gasteiger partial charge is 0.391 e. The highest BCUT2D eigenvalue weighted by Crippen LogP contribution is 2.41. The molecule has 1 aliphatic heterocycles. The summed E-state index contributed by atoms with van der Waals surface area (Å²) in [4.78, 5) is 24.2. The molecule has 0 radical (unpaired) electrons. The highest BCUT2D eigenvalue weighted by atomic mass is 19.1. The van der Waals surface area contributed by atoms with Gasteiger partial charge in [-0.2, -0.15) is 4.39 Å². The molecule has 0 aliphatic carbocycles. The number of H-pyrrole nitrogens is 1. The Labute approximate surface area is 116 Å². The molecule has 2 rings (SSSR count). The fourth-order valence-electron chi connectivity index (χ4n) is 2.14. The van der Waals surface area contributed by atoms with E-state index in [9.17, 15) is 28.6 Å². The minimum Gasteiger partial charge on any atom is -0.391 e. The normalized spacial score (nSPS) is 33.6. The summed E-state index contributed by atoms with van der Waals surface area (Å²) in [5.41, 5.74) is -5.33. The van der Waals surface area contributed by atoms with Gasteiger partial charge in [0.05, 0.1) is 12.3 Å². The maximum atomic E-state index is 14.7. The molecule has 1 saturated heterocycles. The van der Waals surface area contributed by atoms with Gasteiger partial charge in [0.25, 0.3) is 5.56 Å². The fourth-order valence-corrected chi connectivity index (χ4v) is 2.14. The molecule has 0 aromatic carbocycles. The zero-order valence-corrected chi connectivity index (χ0v) is 10.8. The fraction of sp³-hybridized carbons (Fsp3) is 0.500. The predicted octanol–water partition coefficient (Wildman–Crippen LogP) is -1.34. The van der Waals surface area contributed by atoms with Gasteiger partial charge in [0, 0.05) is 0 Å². The van der Waals surface area contributed by atoms with Crippen molar-refractivity contribution in [2.75, 3.05) is 0 Å². The van der Waals surface area contributed by atoms with Crippen LogP contribution < -0.4 is 11.2 Å². The first-order valence-electron chi connectivity index (χ1n) is 5.91. The number of nitrogens with zero attached hydrogens (tertiary/aromatic N) is 1. The second kappa shape index (κ2) is 5.07. The van der Waals surface area contributed by atoms with Crippen LogP contribution in [0.25, 0.3) is 0 Å². The van der Waals surface area contributed by atoms with Crippen LogP contribution in [-0.4, -0.2) is 43.7 Å². The first kappa shape index (κ1) is 15.4. The Hall–Kier alpha value is -2.02. The van der Waals surface area contributed by atoms with Gasteiger partial charge in [-0.1, -0.05) is 5.92 Å². The van der Waals surface area contributed by atoms with Crippen molar-refractivity contribution in [1.29, 1.82) is 0 Å². The minimum absolute atomic E-state index is 0.391. The molecular weight excluding hydrogens is 290 g/mol. The monoisotopic (exact) mass is 302 g/mol. The van der Waals surface area contributed by atoms with E-state index in [2.05, 4.69) is 0 Å². The summed E-state index contributed by atoms with van der Waals surface area (Å²) in [7, 11) is 0. The number of halogens is 2. The average Bonchev–Trinajstić information content (AvgIpc) is 2.68. The van der Waals surface area contributed by atoms with Crippen LogP contribution in [0.4, 0.5) is 8.78 Å². The number of aromatic nitrogens is 2. The Morgan fingerprint density at radius 2 is 2.24 bits per heavy atom. The van der Waals surface area contributed by atoms with Crippen LogP contribution in [-0.2, 0) is 4.74 Å². The second-order valence-electron chi connectivity index (χ2n) is 4.69. The van der Waals surface area contributed by atoms with Gasteiger partial charge in [0.15, 0.2) is 6.23 Å². The molecule has 114 valence electrons. The van der Waals surface area contributed by atoms with Crippen LogP contribution in [0.5, 0.6) is 0 Å². The molecule has 9 heteroatoms. The summed E-state index contributed by atoms with van der Waals surface area (Å²) in [6.45, 7) is 1.23. The van der Waals surface area contributed by atoms with E-state index >= 15 is 0 Å². The summed E-state index contributed by atoms with van der Waals surface area (Å²) >= 11 is 0. The van der Waals surface area contributed by atoms with E-state index in [4.69, 9.17) is 11.2 Å². The van der Waals surface area contributed by atoms with Crippen LogP contribution in [0.2, 0.25) is 0 Å². The Kier molecular flexibility index (Phi) is 3.71. The first-order valence-corrected chi connectivity index (χ1v) is 5.91. The van der Waals surface area contributed by atoms with Crippen LogP contribution in [0, 0.1) is 18.2 Å². The van der Waals surface area contributed by atoms with Gasteiger partial charge < -0.3 is 14.9 Å². The third kappa shape index (κ3) is 2.27. The number of terminal acetylenes is 1. The molecule has 1 aliphatic rings. The Morgan fingerprint density at radius 3 is 2.76 bits per heavy atom. The SMILES string of the molecule is C#CC1(F)C(O)[C@@H]([C@H](C)O)O[C@H]1n1cc(F)c(=O)[nH]c1=O. The van der Waals surface area contributed by atoms with Crippen molar-refractivity contribution in [3.8, 4) is 12.3 Å². The predicted molar refractivity (Wildman–Crippen MR) is 65.6 cm³/mol. The molecular formula is C12H12F2N2O5. The van der Waals surface area contributed by atoms with Crippen molar-refractivity contribution >= 4 is 0 Å². The van der Waals surface area contributed by atoms with Crippen LogP contribution >= 0.6 is 0 Å². The number of rotatable bonds is 2. The van der Waals surface area contributed by atoms with Crippen LogP contribution in [0.3, 0.4) is 0 Å². The zero-order valence-electron chi connectivity index (χ0n) is 10.8. The summed E-state index contributed by atoms with van der Waals surface area (Å²) in [5, 5.41) is 19.3. The molecule has 1 aromatic rings. The molecule has 3 N–H and O–H groups in total. The Bertz CT molecular complexity index is 707. The summed E-state index contributed by atoms with van der Waals surface area (Å²) in [5.74, 6) is 0.304. The number of ether oxygens (including phenoxy) is 1. The van der Waals surface area contributed by atoms with Crippen LogP contribution in [0.15, 0.2) is 15.8 Å². The van der Waals surface area contributed by atoms with E-state index in [-0.39, 0.29) is 0 Å². The number of hydrogen-bond donors (Lipinski definition) is 3. The maximum absolute atomic E-state index is 14.7. The molecule has 0 spiro atoms. The lowest BCUT2D eigenvalue weighted by atomic mass is 9.95. The molecule has 2 heterocycles. The van der Waals surface area contributed by atoms with Gasteiger partial charge in [0.2, 0.25) is 11.5 Å². The molecule has 2 unspecified atom stereocenters. The quantitative estimate of drug-likeness (QED) is 0.586. The molecule has 7 nitrogen and oxygen atoms in total. The number of alkyl halides is 1. The third-order valence-electron chi connectivity index (χ3n) is 3.26. The Balaban J connectivity index is 2.58. The van der Waals surface area contributed by atoms with E-state index in [1.165, 1.54) is 6.92 Å². The Morgan fingerprint density at radius 1 is 1.62 bits per heavy atom. The molecule has 0 amide bonds. The number of aliphatic hydroxyl groups is 2. The number of hydrogen-bond acceptors (Lipinski definition) is 5. The van der Waals surface area contributed by atoms with Gasteiger partial charge in [-0.25, -0.2) is 9.18 Å². The van der Waals surface area contributed by atoms with E-state index in [1.54, 1.807) is 10.9 Å². The average molecular weight is 302 g/mol. The van der Waals surface area contributed by atoms with Crippen molar-refractivity contribution in [3.05, 3.63) is 32.9 Å². The standard InChI is InChI=1S/C12H12F2N2O5/c1-3-12(14)8(18)7(5(2)17)21-10(12)16-4-6(13)9(19)15-11(16)20/h1,4-5,7-8,10,17-18H,2H3,(H,15,19,20)/t5-,7+,8?,10+,12?/m0/s1. The number of nitrogens with one attached hydrogen (secondary N) is 1. The third-order valence-corrected chi connectivity index (χ3v) is 3.26. The van der Waals surface area contributed by atoms with Crippen molar-refractivity contribution in [3.63, 3.8) is 0 Å². The van der Waals surface area contributed by atoms with E-state index in [1.807, 2.05) is 0 Å². The lowest BCUT2D eigenvalue weighted by Gasteiger charge is -2.23.